The molecule has 3 aromatic heterocycles. The first-order chi connectivity index (χ1) is 14.5. The molecule has 0 saturated heterocycles. The van der Waals surface area contributed by atoms with Crippen molar-refractivity contribution in [1.29, 1.82) is 5.26 Å². The summed E-state index contributed by atoms with van der Waals surface area (Å²) >= 11 is 0. The third-order valence-electron chi connectivity index (χ3n) is 4.55. The molecule has 0 fully saturated rings. The number of nitrogens with one attached hydrogen (secondary N) is 3. The maximum Gasteiger partial charge on any atom is 0.320 e. The zero-order chi connectivity index (χ0) is 21.1. The highest BCUT2D eigenvalue weighted by molar-refractivity contribution is 5.95. The highest BCUT2D eigenvalue weighted by atomic mass is 19.1. The number of H-pyrrole nitrogens is 1. The average molecular weight is 401 g/mol. The highest BCUT2D eigenvalue weighted by Crippen LogP contribution is 2.27. The van der Waals surface area contributed by atoms with Crippen molar-refractivity contribution >= 4 is 22.8 Å². The van der Waals surface area contributed by atoms with Gasteiger partial charge in [-0.1, -0.05) is 12.1 Å². The van der Waals surface area contributed by atoms with E-state index in [1.807, 2.05) is 6.07 Å². The number of aromatic amines is 1. The van der Waals surface area contributed by atoms with Crippen LogP contribution in [0.4, 0.5) is 15.0 Å². The van der Waals surface area contributed by atoms with Crippen molar-refractivity contribution < 1.29 is 9.18 Å². The van der Waals surface area contributed by atoms with Crippen LogP contribution in [0, 0.1) is 17.1 Å². The molecule has 1 atom stereocenters. The smallest absolute Gasteiger partial charge is 0.320 e. The van der Waals surface area contributed by atoms with E-state index in [-0.39, 0.29) is 11.9 Å². The Bertz CT molecular complexity index is 1260. The van der Waals surface area contributed by atoms with Crippen molar-refractivity contribution in [3.05, 3.63) is 71.9 Å². The molecule has 1 aromatic carbocycles. The van der Waals surface area contributed by atoms with Crippen molar-refractivity contribution in [1.82, 2.24) is 25.5 Å². The zero-order valence-electron chi connectivity index (χ0n) is 15.8. The van der Waals surface area contributed by atoms with Crippen molar-refractivity contribution in [2.24, 2.45) is 0 Å². The van der Waals surface area contributed by atoms with Crippen LogP contribution in [0.25, 0.3) is 22.2 Å². The molecule has 0 radical (unpaired) electrons. The highest BCUT2D eigenvalue weighted by Gasteiger charge is 2.13. The number of anilines is 1. The summed E-state index contributed by atoms with van der Waals surface area (Å²) < 4.78 is 13.0. The van der Waals surface area contributed by atoms with E-state index in [1.54, 1.807) is 49.6 Å². The first kappa shape index (κ1) is 19.0. The molecule has 0 saturated carbocycles. The second-order valence-corrected chi connectivity index (χ2v) is 6.60. The van der Waals surface area contributed by atoms with Gasteiger partial charge in [0, 0.05) is 29.4 Å². The Labute approximate surface area is 170 Å². The molecule has 0 aliphatic heterocycles. The van der Waals surface area contributed by atoms with Gasteiger partial charge in [0.2, 0.25) is 0 Å². The first-order valence-electron chi connectivity index (χ1n) is 9.07. The lowest BCUT2D eigenvalue weighted by Crippen LogP contribution is -2.31. The van der Waals surface area contributed by atoms with Gasteiger partial charge in [0.1, 0.15) is 29.1 Å². The van der Waals surface area contributed by atoms with Gasteiger partial charge in [-0.25, -0.2) is 19.2 Å². The van der Waals surface area contributed by atoms with Gasteiger partial charge < -0.3 is 5.32 Å². The second-order valence-electron chi connectivity index (χ2n) is 6.60. The number of urea groups is 1. The molecule has 30 heavy (non-hydrogen) atoms. The topological polar surface area (TPSA) is 119 Å². The van der Waals surface area contributed by atoms with Gasteiger partial charge in [-0.05, 0) is 36.8 Å². The molecule has 0 aliphatic carbocycles. The van der Waals surface area contributed by atoms with Crippen LogP contribution in [0.5, 0.6) is 0 Å². The Balaban J connectivity index is 1.49. The number of aromatic nitrogens is 4. The number of halogens is 1. The maximum atomic E-state index is 13.0. The van der Waals surface area contributed by atoms with E-state index >= 15 is 0 Å². The fourth-order valence-corrected chi connectivity index (χ4v) is 3.02. The number of rotatable bonds is 4. The van der Waals surface area contributed by atoms with Crippen molar-refractivity contribution in [2.45, 2.75) is 13.0 Å². The number of pyridine rings is 2. The summed E-state index contributed by atoms with van der Waals surface area (Å²) in [5.41, 5.74) is 3.12. The number of benzene rings is 1. The summed E-state index contributed by atoms with van der Waals surface area (Å²) in [6, 6.07) is 12.2. The SMILES string of the molecule is CC(NC(=O)Nc1cc2[nH]nc(-c3ccnc(C#N)c3)c2cn1)c1ccc(F)cc1. The fourth-order valence-electron chi connectivity index (χ4n) is 3.02. The van der Waals surface area contributed by atoms with Gasteiger partial charge in [0.15, 0.2) is 0 Å². The molecule has 3 N–H and O–H groups in total. The number of nitriles is 1. The monoisotopic (exact) mass is 401 g/mol. The van der Waals surface area contributed by atoms with E-state index < -0.39 is 6.03 Å². The summed E-state index contributed by atoms with van der Waals surface area (Å²) in [4.78, 5) is 20.5. The van der Waals surface area contributed by atoms with E-state index in [9.17, 15) is 9.18 Å². The predicted molar refractivity (Wildman–Crippen MR) is 109 cm³/mol. The molecule has 8 nitrogen and oxygen atoms in total. The van der Waals surface area contributed by atoms with Gasteiger partial charge in [0.05, 0.1) is 11.6 Å². The minimum atomic E-state index is -0.439. The lowest BCUT2D eigenvalue weighted by atomic mass is 10.1. The van der Waals surface area contributed by atoms with E-state index in [1.165, 1.54) is 12.1 Å². The average Bonchev–Trinajstić information content (AvgIpc) is 3.17. The van der Waals surface area contributed by atoms with E-state index in [4.69, 9.17) is 5.26 Å². The first-order valence-corrected chi connectivity index (χ1v) is 9.07. The summed E-state index contributed by atoms with van der Waals surface area (Å²) in [7, 11) is 0. The van der Waals surface area contributed by atoms with Crippen LogP contribution in [0.1, 0.15) is 24.2 Å². The van der Waals surface area contributed by atoms with Crippen molar-refractivity contribution in [3.63, 3.8) is 0 Å². The summed E-state index contributed by atoms with van der Waals surface area (Å²) in [6.45, 7) is 1.80. The molecule has 4 rings (SSSR count). The molecule has 148 valence electrons. The van der Waals surface area contributed by atoms with Crippen molar-refractivity contribution in [2.75, 3.05) is 5.32 Å². The zero-order valence-corrected chi connectivity index (χ0v) is 15.8. The lowest BCUT2D eigenvalue weighted by molar-refractivity contribution is 0.249. The third-order valence-corrected chi connectivity index (χ3v) is 4.55. The van der Waals surface area contributed by atoms with Gasteiger partial charge in [-0.2, -0.15) is 10.4 Å². The molecule has 0 aliphatic rings. The third kappa shape index (κ3) is 3.93. The molecule has 2 amide bonds. The van der Waals surface area contributed by atoms with Crippen LogP contribution in [0.2, 0.25) is 0 Å². The Hall–Kier alpha value is -4.32. The minimum Gasteiger partial charge on any atom is -0.331 e. The van der Waals surface area contributed by atoms with Crippen LogP contribution < -0.4 is 10.6 Å². The number of carbonyl (C=O) groups excluding carboxylic acids is 1. The fraction of sp³-hybridized carbons (Fsp3) is 0.0952. The molecule has 4 aromatic rings. The molecular formula is C21H16FN7O. The van der Waals surface area contributed by atoms with Crippen LogP contribution >= 0.6 is 0 Å². The molecule has 3 heterocycles. The Morgan fingerprint density at radius 3 is 2.77 bits per heavy atom. The molecule has 0 spiro atoms. The molecular weight excluding hydrogens is 385 g/mol. The van der Waals surface area contributed by atoms with E-state index in [2.05, 4.69) is 30.8 Å². The standard InChI is InChI=1S/C21H16FN7O/c1-12(13-2-4-15(22)5-3-13)26-21(30)27-19-9-18-17(11-25-19)20(29-28-18)14-6-7-24-16(8-14)10-23/h2-9,11-12H,1H3,(H,28,29)(H2,25,26,27,30). The number of hydrogen-bond acceptors (Lipinski definition) is 5. The van der Waals surface area contributed by atoms with Crippen LogP contribution in [-0.2, 0) is 0 Å². The van der Waals surface area contributed by atoms with Crippen molar-refractivity contribution in [3.8, 4) is 17.3 Å². The molecule has 9 heteroatoms. The van der Waals surface area contributed by atoms with Crippen LogP contribution in [0.3, 0.4) is 0 Å². The number of fused-ring (bicyclic) bond motifs is 1. The second kappa shape index (κ2) is 7.97. The number of carbonyl (C=O) groups is 1. The number of amides is 2. The largest absolute Gasteiger partial charge is 0.331 e. The van der Waals surface area contributed by atoms with Gasteiger partial charge in [0.25, 0.3) is 0 Å². The molecule has 1 unspecified atom stereocenters. The number of hydrogen-bond donors (Lipinski definition) is 3. The summed E-state index contributed by atoms with van der Waals surface area (Å²) in [6.07, 6.45) is 3.14. The number of nitrogens with zero attached hydrogens (tertiary/aromatic N) is 4. The summed E-state index contributed by atoms with van der Waals surface area (Å²) in [5.74, 6) is 0.0105. The van der Waals surface area contributed by atoms with Gasteiger partial charge in [-0.15, -0.1) is 0 Å². The van der Waals surface area contributed by atoms with E-state index in [0.717, 1.165) is 16.5 Å². The summed E-state index contributed by atoms with van der Waals surface area (Å²) in [5, 5.41) is 22.4. The van der Waals surface area contributed by atoms with Gasteiger partial charge in [-0.3, -0.25) is 10.4 Å². The molecule has 0 bridgehead atoms. The lowest BCUT2D eigenvalue weighted by Gasteiger charge is -2.14. The van der Waals surface area contributed by atoms with Gasteiger partial charge >= 0.3 is 6.03 Å². The maximum absolute atomic E-state index is 13.0. The normalized spacial score (nSPS) is 11.6. The van der Waals surface area contributed by atoms with Crippen LogP contribution in [-0.4, -0.2) is 26.2 Å². The van der Waals surface area contributed by atoms with Crippen LogP contribution in [0.15, 0.2) is 54.9 Å². The predicted octanol–water partition coefficient (Wildman–Crippen LogP) is 3.91. The van der Waals surface area contributed by atoms with E-state index in [0.29, 0.717) is 22.7 Å². The Morgan fingerprint density at radius 1 is 1.20 bits per heavy atom. The minimum absolute atomic E-state index is 0.293. The Kier molecular flexibility index (Phi) is 5.05. The Morgan fingerprint density at radius 2 is 2.00 bits per heavy atom. The quantitative estimate of drug-likeness (QED) is 0.479.